The van der Waals surface area contributed by atoms with Crippen molar-refractivity contribution in [1.82, 2.24) is 9.97 Å². The van der Waals surface area contributed by atoms with Gasteiger partial charge in [0, 0.05) is 10.6 Å². The van der Waals surface area contributed by atoms with Gasteiger partial charge in [-0.15, -0.1) is 0 Å². The highest BCUT2D eigenvalue weighted by Gasteiger charge is 2.08. The number of halogens is 2. The minimum absolute atomic E-state index is 0.352. The van der Waals surface area contributed by atoms with Gasteiger partial charge in [-0.25, -0.2) is 4.98 Å². The Morgan fingerprint density at radius 1 is 1.12 bits per heavy atom. The Kier molecular flexibility index (Phi) is 3.27. The van der Waals surface area contributed by atoms with E-state index in [9.17, 15) is 0 Å². The Balaban J connectivity index is 2.53. The molecule has 0 aliphatic heterocycles. The van der Waals surface area contributed by atoms with Crippen LogP contribution in [0.25, 0.3) is 11.3 Å². The van der Waals surface area contributed by atoms with Crippen molar-refractivity contribution >= 4 is 23.2 Å². The van der Waals surface area contributed by atoms with Crippen molar-refractivity contribution in [3.05, 3.63) is 40.8 Å². The highest BCUT2D eigenvalue weighted by Crippen LogP contribution is 2.30. The maximum atomic E-state index is 5.93. The van der Waals surface area contributed by atoms with Gasteiger partial charge in [-0.3, -0.25) is 4.98 Å². The van der Waals surface area contributed by atoms with Crippen LogP contribution < -0.4 is 4.74 Å². The van der Waals surface area contributed by atoms with Crippen LogP contribution in [0.15, 0.2) is 30.6 Å². The molecule has 0 saturated heterocycles. The fourth-order valence-corrected chi connectivity index (χ4v) is 1.60. The second-order valence-corrected chi connectivity index (χ2v) is 3.89. The van der Waals surface area contributed by atoms with Gasteiger partial charge in [-0.1, -0.05) is 23.2 Å². The van der Waals surface area contributed by atoms with Crippen LogP contribution in [0.2, 0.25) is 10.2 Å². The average Bonchev–Trinajstić information content (AvgIpc) is 2.30. The fraction of sp³-hybridized carbons (Fsp3) is 0.0909. The quantitative estimate of drug-likeness (QED) is 0.824. The number of rotatable bonds is 2. The second kappa shape index (κ2) is 4.68. The normalized spacial score (nSPS) is 10.2. The summed E-state index contributed by atoms with van der Waals surface area (Å²) in [5.74, 6) is 0.695. The molecule has 1 heterocycles. The number of hydrogen-bond acceptors (Lipinski definition) is 3. The van der Waals surface area contributed by atoms with Gasteiger partial charge in [-0.05, 0) is 18.2 Å². The van der Waals surface area contributed by atoms with E-state index in [1.807, 2.05) is 0 Å². The van der Waals surface area contributed by atoms with Crippen molar-refractivity contribution in [2.45, 2.75) is 0 Å². The largest absolute Gasteiger partial charge is 0.496 e. The van der Waals surface area contributed by atoms with E-state index < -0.39 is 0 Å². The van der Waals surface area contributed by atoms with Crippen LogP contribution in [-0.2, 0) is 0 Å². The van der Waals surface area contributed by atoms with Crippen molar-refractivity contribution in [3.8, 4) is 17.0 Å². The maximum absolute atomic E-state index is 5.93. The molecule has 0 spiro atoms. The van der Waals surface area contributed by atoms with Crippen LogP contribution in [0.4, 0.5) is 0 Å². The summed E-state index contributed by atoms with van der Waals surface area (Å²) in [4.78, 5) is 8.13. The van der Waals surface area contributed by atoms with E-state index in [1.165, 1.54) is 6.20 Å². The lowest BCUT2D eigenvalue weighted by Gasteiger charge is -2.07. The summed E-state index contributed by atoms with van der Waals surface area (Å²) in [6.45, 7) is 0. The maximum Gasteiger partial charge on any atom is 0.147 e. The molecule has 82 valence electrons. The zero-order valence-corrected chi connectivity index (χ0v) is 9.96. The SMILES string of the molecule is COc1ccc(Cl)cc1-c1cnc(Cl)cn1. The molecule has 0 radical (unpaired) electrons. The molecule has 0 N–H and O–H groups in total. The minimum Gasteiger partial charge on any atom is -0.496 e. The van der Waals surface area contributed by atoms with Gasteiger partial charge in [0.15, 0.2) is 0 Å². The summed E-state index contributed by atoms with van der Waals surface area (Å²) in [6.07, 6.45) is 3.06. The molecule has 0 bridgehead atoms. The summed E-state index contributed by atoms with van der Waals surface area (Å²) in [5.41, 5.74) is 1.46. The summed E-state index contributed by atoms with van der Waals surface area (Å²) in [7, 11) is 1.59. The van der Waals surface area contributed by atoms with E-state index in [0.29, 0.717) is 21.6 Å². The molecule has 0 aliphatic rings. The molecule has 2 aromatic rings. The first-order valence-corrected chi connectivity index (χ1v) is 5.28. The third-order valence-electron chi connectivity index (χ3n) is 2.06. The highest BCUT2D eigenvalue weighted by molar-refractivity contribution is 6.31. The molecular weight excluding hydrogens is 247 g/mol. The zero-order valence-electron chi connectivity index (χ0n) is 8.45. The average molecular weight is 255 g/mol. The Hall–Kier alpha value is -1.32. The van der Waals surface area contributed by atoms with Crippen molar-refractivity contribution in [3.63, 3.8) is 0 Å². The van der Waals surface area contributed by atoms with Gasteiger partial charge in [0.05, 0.1) is 25.2 Å². The van der Waals surface area contributed by atoms with Gasteiger partial charge in [-0.2, -0.15) is 0 Å². The molecule has 0 aliphatic carbocycles. The third kappa shape index (κ3) is 2.26. The molecule has 0 unspecified atom stereocenters. The van der Waals surface area contributed by atoms with Crippen LogP contribution in [0.3, 0.4) is 0 Å². The van der Waals surface area contributed by atoms with E-state index in [4.69, 9.17) is 27.9 Å². The summed E-state index contributed by atoms with van der Waals surface area (Å²) in [6, 6.07) is 5.32. The molecule has 16 heavy (non-hydrogen) atoms. The van der Waals surface area contributed by atoms with E-state index in [2.05, 4.69) is 9.97 Å². The second-order valence-electron chi connectivity index (χ2n) is 3.07. The van der Waals surface area contributed by atoms with Crippen molar-refractivity contribution in [2.75, 3.05) is 7.11 Å². The van der Waals surface area contributed by atoms with E-state index in [0.717, 1.165) is 5.56 Å². The Labute approximate surface area is 103 Å². The lowest BCUT2D eigenvalue weighted by atomic mass is 10.1. The first-order valence-electron chi connectivity index (χ1n) is 4.52. The van der Waals surface area contributed by atoms with E-state index in [1.54, 1.807) is 31.5 Å². The number of ether oxygens (including phenoxy) is 1. The molecular formula is C11H8Cl2N2O. The van der Waals surface area contributed by atoms with Gasteiger partial charge in [0.1, 0.15) is 10.9 Å². The van der Waals surface area contributed by atoms with Crippen molar-refractivity contribution in [2.24, 2.45) is 0 Å². The Bertz CT molecular complexity index is 500. The predicted molar refractivity (Wildman–Crippen MR) is 64.0 cm³/mol. The van der Waals surface area contributed by atoms with Crippen LogP contribution in [0.1, 0.15) is 0 Å². The predicted octanol–water partition coefficient (Wildman–Crippen LogP) is 3.46. The molecule has 3 nitrogen and oxygen atoms in total. The third-order valence-corrected chi connectivity index (χ3v) is 2.49. The Morgan fingerprint density at radius 2 is 1.94 bits per heavy atom. The van der Waals surface area contributed by atoms with Crippen molar-refractivity contribution < 1.29 is 4.74 Å². The summed E-state index contributed by atoms with van der Waals surface area (Å²) >= 11 is 11.6. The van der Waals surface area contributed by atoms with Gasteiger partial charge >= 0.3 is 0 Å². The molecule has 0 atom stereocenters. The minimum atomic E-state index is 0.352. The van der Waals surface area contributed by atoms with Gasteiger partial charge in [0.25, 0.3) is 0 Å². The molecule has 1 aromatic heterocycles. The first-order chi connectivity index (χ1) is 7.70. The molecule has 1 aromatic carbocycles. The zero-order chi connectivity index (χ0) is 11.5. The number of methoxy groups -OCH3 is 1. The van der Waals surface area contributed by atoms with Gasteiger partial charge in [0.2, 0.25) is 0 Å². The standard InChI is InChI=1S/C11H8Cl2N2O/c1-16-10-3-2-7(12)4-8(10)9-5-15-11(13)6-14-9/h2-6H,1H3. The molecule has 0 saturated carbocycles. The number of nitrogens with zero attached hydrogens (tertiary/aromatic N) is 2. The smallest absolute Gasteiger partial charge is 0.147 e. The molecule has 2 rings (SSSR count). The number of benzene rings is 1. The van der Waals surface area contributed by atoms with Crippen LogP contribution in [-0.4, -0.2) is 17.1 Å². The molecule has 0 fully saturated rings. The molecule has 0 amide bonds. The number of hydrogen-bond donors (Lipinski definition) is 0. The summed E-state index contributed by atoms with van der Waals surface area (Å²) in [5, 5.41) is 0.970. The van der Waals surface area contributed by atoms with E-state index >= 15 is 0 Å². The monoisotopic (exact) mass is 254 g/mol. The van der Waals surface area contributed by atoms with E-state index in [-0.39, 0.29) is 0 Å². The lowest BCUT2D eigenvalue weighted by Crippen LogP contribution is -1.91. The van der Waals surface area contributed by atoms with Crippen LogP contribution >= 0.6 is 23.2 Å². The molecule has 5 heteroatoms. The highest BCUT2D eigenvalue weighted by atomic mass is 35.5. The number of aromatic nitrogens is 2. The Morgan fingerprint density at radius 3 is 2.56 bits per heavy atom. The van der Waals surface area contributed by atoms with Crippen LogP contribution in [0.5, 0.6) is 5.75 Å². The first kappa shape index (κ1) is 11.2. The summed E-state index contributed by atoms with van der Waals surface area (Å²) < 4.78 is 5.23. The van der Waals surface area contributed by atoms with Crippen molar-refractivity contribution in [1.29, 1.82) is 0 Å². The topological polar surface area (TPSA) is 35.0 Å². The van der Waals surface area contributed by atoms with Crippen LogP contribution in [0, 0.1) is 0 Å². The van der Waals surface area contributed by atoms with Gasteiger partial charge < -0.3 is 4.74 Å². The fourth-order valence-electron chi connectivity index (χ4n) is 1.33. The lowest BCUT2D eigenvalue weighted by molar-refractivity contribution is 0.416.